The van der Waals surface area contributed by atoms with Gasteiger partial charge in [-0.2, -0.15) is 0 Å². The molecule has 2 rings (SSSR count). The van der Waals surface area contributed by atoms with Gasteiger partial charge in [0, 0.05) is 0 Å². The minimum absolute atomic E-state index is 0.0234. The standard InChI is InChI=1S/C20H36N6O.C6H6O3/c1-2-3-4-5-6-7-8-9-10-11-14-27-18-13-12-16(25-19(21)22)15-17(18)26-20(23)24;7-4-2-1-3-5(8)6(4)9/h12-13,15H,2-11,14H2,1H3,(H4,21,22,25)(H4,23,24,26);1-3,7-9H. The minimum atomic E-state index is -0.475. The maximum absolute atomic E-state index is 8.71. The van der Waals surface area contributed by atoms with E-state index in [1.807, 2.05) is 0 Å². The molecule has 11 N–H and O–H groups in total. The Kier molecular flexibility index (Phi) is 14.8. The van der Waals surface area contributed by atoms with Crippen LogP contribution in [-0.2, 0) is 0 Å². The lowest BCUT2D eigenvalue weighted by molar-refractivity contribution is 0.305. The van der Waals surface area contributed by atoms with E-state index in [2.05, 4.69) is 16.9 Å². The molecule has 0 radical (unpaired) electrons. The molecule has 0 aliphatic carbocycles. The molecular weight excluding hydrogens is 460 g/mol. The SMILES string of the molecule is CCCCCCCCCCCCOc1ccc(N=C(N)N)cc1N=C(N)N.Oc1cccc(O)c1O. The molecule has 0 unspecified atom stereocenters. The molecule has 0 amide bonds. The Morgan fingerprint density at radius 1 is 0.722 bits per heavy atom. The van der Waals surface area contributed by atoms with E-state index in [-0.39, 0.29) is 23.4 Å². The number of phenols is 3. The predicted octanol–water partition coefficient (Wildman–Crippen LogP) is 4.60. The lowest BCUT2D eigenvalue weighted by Crippen LogP contribution is -2.22. The summed E-state index contributed by atoms with van der Waals surface area (Å²) in [6, 6.07) is 9.24. The first-order valence-electron chi connectivity index (χ1n) is 12.4. The van der Waals surface area contributed by atoms with Gasteiger partial charge < -0.3 is 43.0 Å². The van der Waals surface area contributed by atoms with Crippen LogP contribution in [0.1, 0.15) is 71.1 Å². The number of guanidine groups is 2. The first-order chi connectivity index (χ1) is 17.2. The Balaban J connectivity index is 0.000000600. The zero-order valence-corrected chi connectivity index (χ0v) is 21.2. The number of nitrogens with zero attached hydrogens (tertiary/aromatic N) is 2. The predicted molar refractivity (Wildman–Crippen MR) is 146 cm³/mol. The molecule has 0 aliphatic rings. The van der Waals surface area contributed by atoms with Gasteiger partial charge in [0.25, 0.3) is 0 Å². The summed E-state index contributed by atoms with van der Waals surface area (Å²) in [6.07, 6.45) is 12.9. The van der Waals surface area contributed by atoms with Gasteiger partial charge in [-0.05, 0) is 36.8 Å². The van der Waals surface area contributed by atoms with Crippen LogP contribution < -0.4 is 27.7 Å². The van der Waals surface area contributed by atoms with Crippen molar-refractivity contribution in [2.75, 3.05) is 6.61 Å². The third-order valence-electron chi connectivity index (χ3n) is 5.20. The van der Waals surface area contributed by atoms with E-state index in [1.165, 1.54) is 76.0 Å². The second-order valence-corrected chi connectivity index (χ2v) is 8.40. The van der Waals surface area contributed by atoms with Gasteiger partial charge >= 0.3 is 0 Å². The highest BCUT2D eigenvalue weighted by atomic mass is 16.5. The van der Waals surface area contributed by atoms with Gasteiger partial charge in [-0.25, -0.2) is 9.98 Å². The summed E-state index contributed by atoms with van der Waals surface area (Å²) in [5.41, 5.74) is 22.9. The van der Waals surface area contributed by atoms with Crippen LogP contribution in [0.5, 0.6) is 23.0 Å². The lowest BCUT2D eigenvalue weighted by atomic mass is 10.1. The monoisotopic (exact) mass is 502 g/mol. The van der Waals surface area contributed by atoms with Crippen molar-refractivity contribution in [1.82, 2.24) is 0 Å². The number of benzene rings is 2. The molecule has 200 valence electrons. The largest absolute Gasteiger partial charge is 0.504 e. The second kappa shape index (κ2) is 17.6. The summed E-state index contributed by atoms with van der Waals surface area (Å²) in [4.78, 5) is 8.09. The number of rotatable bonds is 14. The molecule has 0 atom stereocenters. The van der Waals surface area contributed by atoms with Crippen molar-refractivity contribution in [1.29, 1.82) is 0 Å². The van der Waals surface area contributed by atoms with Crippen LogP contribution in [0.2, 0.25) is 0 Å². The van der Waals surface area contributed by atoms with Crippen LogP contribution in [-0.4, -0.2) is 33.8 Å². The number of nitrogens with two attached hydrogens (primary N) is 4. The van der Waals surface area contributed by atoms with Crippen LogP contribution in [0.4, 0.5) is 11.4 Å². The van der Waals surface area contributed by atoms with Crippen LogP contribution in [0.15, 0.2) is 46.4 Å². The number of aliphatic imine (C=N–C) groups is 2. The molecule has 10 heteroatoms. The molecule has 36 heavy (non-hydrogen) atoms. The summed E-state index contributed by atoms with van der Waals surface area (Å²) in [5, 5.41) is 26.1. The van der Waals surface area contributed by atoms with E-state index in [9.17, 15) is 0 Å². The van der Waals surface area contributed by atoms with Crippen molar-refractivity contribution < 1.29 is 20.1 Å². The highest BCUT2D eigenvalue weighted by molar-refractivity contribution is 5.82. The smallest absolute Gasteiger partial charge is 0.200 e. The quantitative estimate of drug-likeness (QED) is 0.0840. The van der Waals surface area contributed by atoms with Crippen molar-refractivity contribution in [3.8, 4) is 23.0 Å². The van der Waals surface area contributed by atoms with Gasteiger partial charge in [-0.3, -0.25) is 0 Å². The third-order valence-corrected chi connectivity index (χ3v) is 5.20. The number of hydrogen-bond donors (Lipinski definition) is 7. The van der Waals surface area contributed by atoms with E-state index in [0.29, 0.717) is 23.7 Å². The van der Waals surface area contributed by atoms with E-state index in [1.54, 1.807) is 18.2 Å². The molecule has 2 aromatic carbocycles. The number of hydrogen-bond acceptors (Lipinski definition) is 6. The Morgan fingerprint density at radius 3 is 1.75 bits per heavy atom. The number of phenolic OH excluding ortho intramolecular Hbond substituents is 3. The van der Waals surface area contributed by atoms with Crippen molar-refractivity contribution in [2.24, 2.45) is 32.9 Å². The number of aromatic hydroxyl groups is 3. The maximum atomic E-state index is 8.71. The van der Waals surface area contributed by atoms with Gasteiger partial charge in [0.2, 0.25) is 0 Å². The number of para-hydroxylation sites is 1. The fourth-order valence-corrected chi connectivity index (χ4v) is 3.36. The fourth-order valence-electron chi connectivity index (χ4n) is 3.36. The topological polar surface area (TPSA) is 199 Å². The normalized spacial score (nSPS) is 10.1. The first-order valence-corrected chi connectivity index (χ1v) is 12.4. The number of unbranched alkanes of at least 4 members (excludes halogenated alkanes) is 9. The molecule has 0 aromatic heterocycles. The average molecular weight is 503 g/mol. The summed E-state index contributed by atoms with van der Waals surface area (Å²) in [5.74, 6) is -0.540. The highest BCUT2D eigenvalue weighted by Crippen LogP contribution is 2.33. The molecule has 0 aliphatic heterocycles. The van der Waals surface area contributed by atoms with E-state index < -0.39 is 5.75 Å². The third kappa shape index (κ3) is 13.2. The van der Waals surface area contributed by atoms with Crippen molar-refractivity contribution in [3.05, 3.63) is 36.4 Å². The molecule has 10 nitrogen and oxygen atoms in total. The van der Waals surface area contributed by atoms with E-state index in [0.717, 1.165) is 6.42 Å². The number of ether oxygens (including phenoxy) is 1. The summed E-state index contributed by atoms with van der Waals surface area (Å²) >= 11 is 0. The summed E-state index contributed by atoms with van der Waals surface area (Å²) in [6.45, 7) is 2.88. The van der Waals surface area contributed by atoms with Crippen LogP contribution >= 0.6 is 0 Å². The Labute approximate surface area is 213 Å². The van der Waals surface area contributed by atoms with Gasteiger partial charge in [-0.1, -0.05) is 70.8 Å². The van der Waals surface area contributed by atoms with Crippen LogP contribution in [0.25, 0.3) is 0 Å². The van der Waals surface area contributed by atoms with Gasteiger partial charge in [0.05, 0.1) is 12.3 Å². The van der Waals surface area contributed by atoms with Crippen molar-refractivity contribution >= 4 is 23.3 Å². The molecule has 0 saturated carbocycles. The van der Waals surface area contributed by atoms with Gasteiger partial charge in [-0.15, -0.1) is 0 Å². The second-order valence-electron chi connectivity index (χ2n) is 8.40. The van der Waals surface area contributed by atoms with Crippen molar-refractivity contribution in [2.45, 2.75) is 71.1 Å². The van der Waals surface area contributed by atoms with Gasteiger partial charge in [0.1, 0.15) is 11.4 Å². The molecule has 0 bridgehead atoms. The first kappa shape index (κ1) is 30.2. The molecule has 0 fully saturated rings. The Bertz CT molecular complexity index is 937. The lowest BCUT2D eigenvalue weighted by Gasteiger charge is -2.10. The van der Waals surface area contributed by atoms with E-state index >= 15 is 0 Å². The van der Waals surface area contributed by atoms with E-state index in [4.69, 9.17) is 43.0 Å². The highest BCUT2D eigenvalue weighted by Gasteiger charge is 2.06. The average Bonchev–Trinajstić information content (AvgIpc) is 2.82. The zero-order valence-electron chi connectivity index (χ0n) is 21.2. The molecule has 2 aromatic rings. The van der Waals surface area contributed by atoms with Crippen molar-refractivity contribution in [3.63, 3.8) is 0 Å². The summed E-state index contributed by atoms with van der Waals surface area (Å²) < 4.78 is 5.84. The van der Waals surface area contributed by atoms with Crippen LogP contribution in [0, 0.1) is 0 Å². The zero-order chi connectivity index (χ0) is 26.8. The molecule has 0 heterocycles. The summed E-state index contributed by atoms with van der Waals surface area (Å²) in [7, 11) is 0. The minimum Gasteiger partial charge on any atom is -0.504 e. The Hall–Kier alpha value is -3.82. The Morgan fingerprint density at radius 2 is 1.25 bits per heavy atom. The molecule has 0 saturated heterocycles. The molecular formula is C26H42N6O4. The van der Waals surface area contributed by atoms with Crippen LogP contribution in [0.3, 0.4) is 0 Å². The fraction of sp³-hybridized carbons (Fsp3) is 0.462. The maximum Gasteiger partial charge on any atom is 0.200 e. The van der Waals surface area contributed by atoms with Gasteiger partial charge in [0.15, 0.2) is 29.2 Å². The molecule has 0 spiro atoms.